The van der Waals surface area contributed by atoms with E-state index in [1.807, 2.05) is 5.38 Å². The van der Waals surface area contributed by atoms with Crippen molar-refractivity contribution >= 4 is 22.4 Å². The zero-order valence-electron chi connectivity index (χ0n) is 13.1. The molecule has 2 heterocycles. The minimum atomic E-state index is -0.00935. The van der Waals surface area contributed by atoms with Gasteiger partial charge in [0, 0.05) is 24.4 Å². The first-order chi connectivity index (χ1) is 10.7. The van der Waals surface area contributed by atoms with Gasteiger partial charge in [-0.25, -0.2) is 4.98 Å². The lowest BCUT2D eigenvalue weighted by atomic mass is 9.84. The largest absolute Gasteiger partial charge is 0.390 e. The second-order valence-electron chi connectivity index (χ2n) is 6.48. The van der Waals surface area contributed by atoms with Gasteiger partial charge >= 0.3 is 0 Å². The van der Waals surface area contributed by atoms with Crippen molar-refractivity contribution < 1.29 is 9.90 Å². The van der Waals surface area contributed by atoms with Gasteiger partial charge < -0.3 is 15.3 Å². The lowest BCUT2D eigenvalue weighted by Gasteiger charge is -2.27. The summed E-state index contributed by atoms with van der Waals surface area (Å²) in [4.78, 5) is 19.0. The molecule has 5 nitrogen and oxygen atoms in total. The van der Waals surface area contributed by atoms with Gasteiger partial charge in [-0.3, -0.25) is 4.79 Å². The molecule has 122 valence electrons. The molecule has 2 atom stereocenters. The molecule has 0 bridgehead atoms. The number of hydrogen-bond donors (Lipinski definition) is 2. The van der Waals surface area contributed by atoms with Crippen LogP contribution in [0.15, 0.2) is 5.38 Å². The summed E-state index contributed by atoms with van der Waals surface area (Å²) in [5.41, 5.74) is 0.731. The third-order valence-corrected chi connectivity index (χ3v) is 5.83. The van der Waals surface area contributed by atoms with Crippen molar-refractivity contribution in [1.82, 2.24) is 10.3 Å². The van der Waals surface area contributed by atoms with E-state index in [0.29, 0.717) is 5.92 Å². The number of thiazole rings is 1. The van der Waals surface area contributed by atoms with E-state index in [2.05, 4.69) is 22.1 Å². The van der Waals surface area contributed by atoms with Crippen LogP contribution in [0.3, 0.4) is 0 Å². The molecule has 2 N–H and O–H groups in total. The van der Waals surface area contributed by atoms with Crippen LogP contribution in [0, 0.1) is 11.8 Å². The smallest absolute Gasteiger partial charge is 0.223 e. The minimum absolute atomic E-state index is 0.00935. The Kier molecular flexibility index (Phi) is 4.98. The molecular formula is C16H25N3O2S. The van der Waals surface area contributed by atoms with E-state index in [0.717, 1.165) is 49.6 Å². The monoisotopic (exact) mass is 323 g/mol. The van der Waals surface area contributed by atoms with E-state index in [1.54, 1.807) is 11.3 Å². The van der Waals surface area contributed by atoms with Gasteiger partial charge in [0.05, 0.1) is 18.3 Å². The number of carbonyl (C=O) groups is 1. The van der Waals surface area contributed by atoms with Crippen molar-refractivity contribution in [3.8, 4) is 0 Å². The second-order valence-corrected chi connectivity index (χ2v) is 7.31. The van der Waals surface area contributed by atoms with Gasteiger partial charge in [0.25, 0.3) is 0 Å². The summed E-state index contributed by atoms with van der Waals surface area (Å²) >= 11 is 1.58. The molecule has 2 fully saturated rings. The molecule has 22 heavy (non-hydrogen) atoms. The number of anilines is 1. The van der Waals surface area contributed by atoms with Crippen LogP contribution < -0.4 is 10.2 Å². The summed E-state index contributed by atoms with van der Waals surface area (Å²) in [6.07, 6.45) is 5.55. The summed E-state index contributed by atoms with van der Waals surface area (Å²) in [5.74, 6) is 0.988. The average Bonchev–Trinajstić information content (AvgIpc) is 3.04. The van der Waals surface area contributed by atoms with Crippen molar-refractivity contribution in [3.63, 3.8) is 0 Å². The van der Waals surface area contributed by atoms with Gasteiger partial charge in [-0.15, -0.1) is 11.3 Å². The first-order valence-corrected chi connectivity index (χ1v) is 9.19. The molecular weight excluding hydrogens is 298 g/mol. The summed E-state index contributed by atoms with van der Waals surface area (Å²) in [7, 11) is 0. The molecule has 2 aliphatic rings. The Morgan fingerprint density at radius 1 is 1.50 bits per heavy atom. The van der Waals surface area contributed by atoms with Crippen LogP contribution in [-0.2, 0) is 11.4 Å². The molecule has 1 saturated carbocycles. The summed E-state index contributed by atoms with van der Waals surface area (Å²) in [6.45, 7) is 3.97. The first-order valence-electron chi connectivity index (χ1n) is 8.31. The molecule has 0 aromatic carbocycles. The standard InChI is InChI=1S/C16H25N3O2S/c1-2-4-12-7-19(16-17-13(9-20)10-22-16)8-14(12)18-15(21)11-5-3-6-11/h10-12,14,20H,2-9H2,1H3,(H,18,21)/t12-,14-/m1/s1. The van der Waals surface area contributed by atoms with Crippen LogP contribution in [0.2, 0.25) is 0 Å². The second kappa shape index (κ2) is 6.96. The molecule has 1 aromatic heterocycles. The number of nitrogens with one attached hydrogen (secondary N) is 1. The molecule has 1 aromatic rings. The van der Waals surface area contributed by atoms with Crippen molar-refractivity contribution in [2.45, 2.75) is 51.7 Å². The number of aromatic nitrogens is 1. The third kappa shape index (κ3) is 3.27. The highest BCUT2D eigenvalue weighted by atomic mass is 32.1. The van der Waals surface area contributed by atoms with Gasteiger partial charge in [0.2, 0.25) is 5.91 Å². The van der Waals surface area contributed by atoms with Crippen molar-refractivity contribution in [2.75, 3.05) is 18.0 Å². The van der Waals surface area contributed by atoms with E-state index < -0.39 is 0 Å². The van der Waals surface area contributed by atoms with Crippen LogP contribution in [-0.4, -0.2) is 35.1 Å². The van der Waals surface area contributed by atoms with Crippen LogP contribution in [0.5, 0.6) is 0 Å². The fourth-order valence-electron chi connectivity index (χ4n) is 3.34. The van der Waals surface area contributed by atoms with E-state index in [-0.39, 0.29) is 24.5 Å². The molecule has 6 heteroatoms. The van der Waals surface area contributed by atoms with Crippen LogP contribution in [0.4, 0.5) is 5.13 Å². The Morgan fingerprint density at radius 3 is 2.91 bits per heavy atom. The maximum atomic E-state index is 12.2. The lowest BCUT2D eigenvalue weighted by molar-refractivity contribution is -0.128. The SMILES string of the molecule is CCC[C@@H]1CN(c2nc(CO)cs2)C[C@H]1NC(=O)C1CCC1. The highest BCUT2D eigenvalue weighted by molar-refractivity contribution is 7.13. The zero-order chi connectivity index (χ0) is 15.5. The van der Waals surface area contributed by atoms with Gasteiger partial charge in [-0.05, 0) is 25.2 Å². The third-order valence-electron chi connectivity index (χ3n) is 4.88. The summed E-state index contributed by atoms with van der Waals surface area (Å²) < 4.78 is 0. The number of hydrogen-bond acceptors (Lipinski definition) is 5. The van der Waals surface area contributed by atoms with Crippen molar-refractivity contribution in [1.29, 1.82) is 0 Å². The Morgan fingerprint density at radius 2 is 2.32 bits per heavy atom. The Hall–Kier alpha value is -1.14. The quantitative estimate of drug-likeness (QED) is 0.842. The first kappa shape index (κ1) is 15.7. The Labute approximate surface area is 135 Å². The fraction of sp³-hybridized carbons (Fsp3) is 0.750. The predicted octanol–water partition coefficient (Wildman–Crippen LogP) is 2.16. The van der Waals surface area contributed by atoms with Crippen LogP contribution in [0.25, 0.3) is 0 Å². The van der Waals surface area contributed by atoms with E-state index in [4.69, 9.17) is 5.11 Å². The molecule has 1 aliphatic carbocycles. The van der Waals surface area contributed by atoms with E-state index in [9.17, 15) is 4.79 Å². The maximum absolute atomic E-state index is 12.2. The molecule has 3 rings (SSSR count). The Bertz CT molecular complexity index is 515. The maximum Gasteiger partial charge on any atom is 0.223 e. The van der Waals surface area contributed by atoms with Gasteiger partial charge in [-0.2, -0.15) is 0 Å². The summed E-state index contributed by atoms with van der Waals surface area (Å²) in [6, 6.07) is 0.231. The number of aliphatic hydroxyl groups is 1. The number of carbonyl (C=O) groups excluding carboxylic acids is 1. The van der Waals surface area contributed by atoms with Crippen LogP contribution >= 0.6 is 11.3 Å². The molecule has 0 radical (unpaired) electrons. The van der Waals surface area contributed by atoms with Crippen LogP contribution in [0.1, 0.15) is 44.7 Å². The minimum Gasteiger partial charge on any atom is -0.390 e. The van der Waals surface area contributed by atoms with E-state index >= 15 is 0 Å². The zero-order valence-corrected chi connectivity index (χ0v) is 13.9. The molecule has 1 saturated heterocycles. The Balaban J connectivity index is 1.64. The average molecular weight is 323 g/mol. The number of rotatable bonds is 6. The normalized spacial score (nSPS) is 25.3. The van der Waals surface area contributed by atoms with E-state index in [1.165, 1.54) is 6.42 Å². The fourth-order valence-corrected chi connectivity index (χ4v) is 4.18. The lowest BCUT2D eigenvalue weighted by Crippen LogP contribution is -2.45. The predicted molar refractivity (Wildman–Crippen MR) is 87.9 cm³/mol. The van der Waals surface area contributed by atoms with Gasteiger partial charge in [0.15, 0.2) is 5.13 Å². The number of nitrogens with zero attached hydrogens (tertiary/aromatic N) is 2. The van der Waals surface area contributed by atoms with Gasteiger partial charge in [-0.1, -0.05) is 19.8 Å². The van der Waals surface area contributed by atoms with Crippen molar-refractivity contribution in [2.24, 2.45) is 11.8 Å². The highest BCUT2D eigenvalue weighted by Gasteiger charge is 2.36. The highest BCUT2D eigenvalue weighted by Crippen LogP contribution is 2.31. The molecule has 0 spiro atoms. The van der Waals surface area contributed by atoms with Crippen molar-refractivity contribution in [3.05, 3.63) is 11.1 Å². The molecule has 1 amide bonds. The topological polar surface area (TPSA) is 65.5 Å². The molecule has 1 aliphatic heterocycles. The van der Waals surface area contributed by atoms with Gasteiger partial charge in [0.1, 0.15) is 0 Å². The number of amides is 1. The molecule has 0 unspecified atom stereocenters. The summed E-state index contributed by atoms with van der Waals surface area (Å²) in [5, 5.41) is 15.3. The number of aliphatic hydroxyl groups excluding tert-OH is 1.